The average molecular weight is 473 g/mol. The van der Waals surface area contributed by atoms with Crippen LogP contribution >= 0.6 is 0 Å². The zero-order valence-corrected chi connectivity index (χ0v) is 20.8. The minimum atomic E-state index is -0.197. The summed E-state index contributed by atoms with van der Waals surface area (Å²) in [7, 11) is 0. The van der Waals surface area contributed by atoms with Gasteiger partial charge in [-0.05, 0) is 84.3 Å². The molecule has 0 radical (unpaired) electrons. The summed E-state index contributed by atoms with van der Waals surface area (Å²) in [6.45, 7) is 4.52. The Morgan fingerprint density at radius 2 is 1.11 bits per heavy atom. The number of benzene rings is 6. The van der Waals surface area contributed by atoms with Crippen molar-refractivity contribution < 1.29 is 1.37 Å². The van der Waals surface area contributed by atoms with E-state index in [1.54, 1.807) is 0 Å². The van der Waals surface area contributed by atoms with Gasteiger partial charge in [0.05, 0.1) is 13.0 Å². The van der Waals surface area contributed by atoms with E-state index in [-0.39, 0.29) is 5.41 Å². The number of nitrogens with zero attached hydrogens (tertiary/aromatic N) is 1. The Bertz CT molecular complexity index is 1900. The molecule has 0 saturated carbocycles. The normalized spacial score (nSPS) is 13.7. The molecule has 6 aromatic carbocycles. The molecular weight excluding hydrogens is 446 g/mol. The molecule has 6 aromatic rings. The van der Waals surface area contributed by atoms with E-state index in [2.05, 4.69) is 111 Å². The second kappa shape index (κ2) is 7.92. The van der Waals surface area contributed by atoms with Gasteiger partial charge >= 0.3 is 0 Å². The van der Waals surface area contributed by atoms with Crippen molar-refractivity contribution >= 4 is 21.5 Å². The predicted molar refractivity (Wildman–Crippen MR) is 155 cm³/mol. The highest BCUT2D eigenvalue weighted by Gasteiger charge is 2.36. The lowest BCUT2D eigenvalue weighted by molar-refractivity contribution is 0.660. The molecule has 0 N–H and O–H groups in total. The molecule has 0 amide bonds. The van der Waals surface area contributed by atoms with Crippen LogP contribution in [0.15, 0.2) is 115 Å². The maximum absolute atomic E-state index is 9.51. The molecule has 1 heteroatoms. The number of rotatable bonds is 2. The third-order valence-corrected chi connectivity index (χ3v) is 8.03. The molecule has 0 fully saturated rings. The first-order valence-corrected chi connectivity index (χ1v) is 12.7. The highest BCUT2D eigenvalue weighted by Crippen LogP contribution is 2.51. The lowest BCUT2D eigenvalue weighted by Gasteiger charge is -2.23. The molecule has 0 aromatic heterocycles. The van der Waals surface area contributed by atoms with Crippen LogP contribution in [0.25, 0.3) is 54.9 Å². The van der Waals surface area contributed by atoms with Crippen LogP contribution in [0.2, 0.25) is 0 Å². The van der Waals surface area contributed by atoms with Gasteiger partial charge in [0.2, 0.25) is 0 Å². The Morgan fingerprint density at radius 1 is 0.595 bits per heavy atom. The second-order valence-corrected chi connectivity index (χ2v) is 10.4. The van der Waals surface area contributed by atoms with Crippen molar-refractivity contribution in [1.82, 2.24) is 0 Å². The van der Waals surface area contributed by atoms with E-state index < -0.39 is 0 Å². The van der Waals surface area contributed by atoms with E-state index in [0.717, 1.165) is 5.56 Å². The van der Waals surface area contributed by atoms with Crippen molar-refractivity contribution in [2.45, 2.75) is 19.3 Å². The van der Waals surface area contributed by atoms with E-state index in [1.807, 2.05) is 18.2 Å². The van der Waals surface area contributed by atoms with Crippen molar-refractivity contribution in [3.05, 3.63) is 132 Å². The molecule has 1 aliphatic carbocycles. The molecule has 0 saturated heterocycles. The summed E-state index contributed by atoms with van der Waals surface area (Å²) >= 11 is 0. The minimum Gasteiger partial charge on any atom is -0.192 e. The zero-order chi connectivity index (χ0) is 26.0. The second-order valence-electron chi connectivity index (χ2n) is 10.4. The standard InChI is InChI=1S/C36H25N/c1-36(2)32-20-23(22-37)16-18-26(32)27-19-17-25(21-33(27)36)35-30-14-8-6-12-28(30)34(24-10-4-3-5-11-24)29-13-7-9-15-31(29)35/h3-21H,1-2H3/i3D. The fourth-order valence-corrected chi connectivity index (χ4v) is 6.27. The number of nitriles is 1. The third kappa shape index (κ3) is 3.09. The molecule has 7 rings (SSSR count). The topological polar surface area (TPSA) is 23.8 Å². The van der Waals surface area contributed by atoms with Gasteiger partial charge in [-0.25, -0.2) is 0 Å². The van der Waals surface area contributed by atoms with Crippen molar-refractivity contribution in [1.29, 1.82) is 5.26 Å². The lowest BCUT2D eigenvalue weighted by Crippen LogP contribution is -2.15. The molecule has 0 unspecified atom stereocenters. The summed E-state index contributed by atoms with van der Waals surface area (Å²) in [6, 6.07) is 41.0. The van der Waals surface area contributed by atoms with Gasteiger partial charge in [-0.2, -0.15) is 5.26 Å². The van der Waals surface area contributed by atoms with Crippen LogP contribution < -0.4 is 0 Å². The Morgan fingerprint density at radius 3 is 1.68 bits per heavy atom. The molecule has 0 aliphatic heterocycles. The average Bonchev–Trinajstić information content (AvgIpc) is 3.17. The van der Waals surface area contributed by atoms with Gasteiger partial charge in [-0.1, -0.05) is 111 Å². The smallest absolute Gasteiger partial charge is 0.0991 e. The van der Waals surface area contributed by atoms with Gasteiger partial charge in [0.1, 0.15) is 0 Å². The van der Waals surface area contributed by atoms with E-state index in [9.17, 15) is 5.26 Å². The highest BCUT2D eigenvalue weighted by molar-refractivity contribution is 6.21. The molecule has 0 heterocycles. The summed E-state index contributed by atoms with van der Waals surface area (Å²) < 4.78 is 7.97. The molecule has 174 valence electrons. The Labute approximate surface area is 218 Å². The van der Waals surface area contributed by atoms with Crippen LogP contribution in [0.1, 0.15) is 31.9 Å². The minimum absolute atomic E-state index is 0.197. The SMILES string of the molecule is [2H]c1ccc(-c2c3ccccc3c(-c3ccc4c(c3)C(C)(C)c3cc(C#N)ccc3-4)c3ccccc23)cc1. The molecule has 0 atom stereocenters. The van der Waals surface area contributed by atoms with Gasteiger partial charge in [0.15, 0.2) is 0 Å². The fourth-order valence-electron chi connectivity index (χ4n) is 6.27. The predicted octanol–water partition coefficient (Wildman–Crippen LogP) is 9.50. The highest BCUT2D eigenvalue weighted by atomic mass is 14.4. The van der Waals surface area contributed by atoms with Gasteiger partial charge < -0.3 is 0 Å². The fraction of sp³-hybridized carbons (Fsp3) is 0.0833. The van der Waals surface area contributed by atoms with Crippen LogP contribution in [0.3, 0.4) is 0 Å². The maximum Gasteiger partial charge on any atom is 0.0991 e. The van der Waals surface area contributed by atoms with Crippen LogP contribution in [-0.4, -0.2) is 0 Å². The summed E-state index contributed by atoms with van der Waals surface area (Å²) in [6.07, 6.45) is 0. The van der Waals surface area contributed by atoms with Crippen LogP contribution in [0.5, 0.6) is 0 Å². The molecular formula is C36H25N. The molecule has 1 nitrogen and oxygen atoms in total. The summed E-state index contributed by atoms with van der Waals surface area (Å²) in [5, 5.41) is 14.4. The zero-order valence-electron chi connectivity index (χ0n) is 21.8. The van der Waals surface area contributed by atoms with Gasteiger partial charge in [-0.3, -0.25) is 0 Å². The van der Waals surface area contributed by atoms with E-state index in [1.165, 1.54) is 60.5 Å². The maximum atomic E-state index is 9.51. The molecule has 0 bridgehead atoms. The summed E-state index contributed by atoms with van der Waals surface area (Å²) in [4.78, 5) is 0. The Hall–Kier alpha value is -4.67. The van der Waals surface area contributed by atoms with Gasteiger partial charge in [0, 0.05) is 5.41 Å². The number of hydrogen-bond acceptors (Lipinski definition) is 1. The lowest BCUT2D eigenvalue weighted by atomic mass is 9.80. The third-order valence-electron chi connectivity index (χ3n) is 8.03. The number of fused-ring (bicyclic) bond motifs is 5. The monoisotopic (exact) mass is 472 g/mol. The van der Waals surface area contributed by atoms with Crippen molar-refractivity contribution in [2.75, 3.05) is 0 Å². The van der Waals surface area contributed by atoms with Crippen molar-refractivity contribution in [2.24, 2.45) is 0 Å². The van der Waals surface area contributed by atoms with E-state index in [4.69, 9.17) is 1.37 Å². The molecule has 37 heavy (non-hydrogen) atoms. The van der Waals surface area contributed by atoms with E-state index >= 15 is 0 Å². The Kier molecular flexibility index (Phi) is 4.39. The molecule has 0 spiro atoms. The van der Waals surface area contributed by atoms with E-state index in [0.29, 0.717) is 11.6 Å². The van der Waals surface area contributed by atoms with Crippen molar-refractivity contribution in [3.63, 3.8) is 0 Å². The van der Waals surface area contributed by atoms with Crippen LogP contribution in [-0.2, 0) is 5.41 Å². The first kappa shape index (κ1) is 20.5. The molecule has 1 aliphatic rings. The largest absolute Gasteiger partial charge is 0.192 e. The quantitative estimate of drug-likeness (QED) is 0.230. The van der Waals surface area contributed by atoms with Crippen LogP contribution in [0, 0.1) is 11.3 Å². The first-order chi connectivity index (χ1) is 18.5. The Balaban J connectivity index is 1.53. The summed E-state index contributed by atoms with van der Waals surface area (Å²) in [5.74, 6) is 0. The first-order valence-electron chi connectivity index (χ1n) is 13.2. The van der Waals surface area contributed by atoms with Crippen LogP contribution in [0.4, 0.5) is 0 Å². The van der Waals surface area contributed by atoms with Gasteiger partial charge in [0.25, 0.3) is 0 Å². The summed E-state index contributed by atoms with van der Waals surface area (Å²) in [5.41, 5.74) is 10.3. The number of hydrogen-bond donors (Lipinski definition) is 0. The van der Waals surface area contributed by atoms with Crippen molar-refractivity contribution in [3.8, 4) is 39.4 Å². The van der Waals surface area contributed by atoms with Gasteiger partial charge in [-0.15, -0.1) is 0 Å².